The van der Waals surface area contributed by atoms with Crippen LogP contribution in [0.4, 0.5) is 0 Å². The SMILES string of the molecule is COc1cc2cc(CN(CCCO)S(=O)(=O)c3ccc4c(c3)OCCO4)c(=O)[nH]c2cc1OC. The molecular formula is C23H26N2O8S. The number of nitrogens with zero attached hydrogens (tertiary/aromatic N) is 1. The minimum absolute atomic E-state index is 0.0123. The molecule has 11 heteroatoms. The van der Waals surface area contributed by atoms with Crippen LogP contribution in [-0.2, 0) is 16.6 Å². The summed E-state index contributed by atoms with van der Waals surface area (Å²) in [6.07, 6.45) is 0.209. The quantitative estimate of drug-likeness (QED) is 0.466. The molecule has 0 saturated carbocycles. The topological polar surface area (TPSA) is 127 Å². The maximum Gasteiger partial charge on any atom is 0.252 e. The molecule has 2 N–H and O–H groups in total. The van der Waals surface area contributed by atoms with E-state index in [2.05, 4.69) is 4.98 Å². The van der Waals surface area contributed by atoms with E-state index in [0.717, 1.165) is 0 Å². The number of rotatable bonds is 9. The Kier molecular flexibility index (Phi) is 6.96. The van der Waals surface area contributed by atoms with E-state index >= 15 is 0 Å². The van der Waals surface area contributed by atoms with Gasteiger partial charge < -0.3 is 29.0 Å². The molecule has 1 aromatic heterocycles. The summed E-state index contributed by atoms with van der Waals surface area (Å²) in [5.74, 6) is 1.76. The second-order valence-electron chi connectivity index (χ2n) is 7.64. The second-order valence-corrected chi connectivity index (χ2v) is 9.58. The summed E-state index contributed by atoms with van der Waals surface area (Å²) in [5, 5.41) is 9.99. The number of aliphatic hydroxyl groups excluding tert-OH is 1. The Labute approximate surface area is 196 Å². The van der Waals surface area contributed by atoms with Crippen molar-refractivity contribution >= 4 is 20.9 Å². The van der Waals surface area contributed by atoms with Crippen LogP contribution in [0.1, 0.15) is 12.0 Å². The molecule has 0 unspecified atom stereocenters. The van der Waals surface area contributed by atoms with Gasteiger partial charge in [-0.15, -0.1) is 0 Å². The predicted octanol–water partition coefficient (Wildman–Crippen LogP) is 1.89. The van der Waals surface area contributed by atoms with E-state index in [1.165, 1.54) is 30.7 Å². The van der Waals surface area contributed by atoms with Crippen molar-refractivity contribution in [3.8, 4) is 23.0 Å². The van der Waals surface area contributed by atoms with Gasteiger partial charge in [0.05, 0.1) is 24.6 Å². The number of H-pyrrole nitrogens is 1. The highest BCUT2D eigenvalue weighted by molar-refractivity contribution is 7.89. The van der Waals surface area contributed by atoms with E-state index in [1.807, 2.05) is 0 Å². The number of fused-ring (bicyclic) bond motifs is 2. The highest BCUT2D eigenvalue weighted by Gasteiger charge is 2.27. The number of nitrogens with one attached hydrogen (secondary N) is 1. The number of sulfonamides is 1. The van der Waals surface area contributed by atoms with Crippen LogP contribution < -0.4 is 24.5 Å². The lowest BCUT2D eigenvalue weighted by Crippen LogP contribution is -2.34. The van der Waals surface area contributed by atoms with Gasteiger partial charge in [-0.25, -0.2) is 8.42 Å². The predicted molar refractivity (Wildman–Crippen MR) is 124 cm³/mol. The summed E-state index contributed by atoms with van der Waals surface area (Å²) in [6.45, 7) is 0.361. The summed E-state index contributed by atoms with van der Waals surface area (Å²) in [4.78, 5) is 15.6. The van der Waals surface area contributed by atoms with Crippen molar-refractivity contribution in [3.05, 3.63) is 52.3 Å². The molecule has 0 amide bonds. The van der Waals surface area contributed by atoms with Crippen molar-refractivity contribution in [3.63, 3.8) is 0 Å². The van der Waals surface area contributed by atoms with Crippen LogP contribution in [0.15, 0.2) is 46.1 Å². The normalized spacial score (nSPS) is 13.3. The minimum atomic E-state index is -4.01. The Bertz CT molecular complexity index is 1350. The summed E-state index contributed by atoms with van der Waals surface area (Å²) in [5.41, 5.74) is 0.355. The van der Waals surface area contributed by atoms with Crippen molar-refractivity contribution in [1.29, 1.82) is 0 Å². The number of aliphatic hydroxyl groups is 1. The van der Waals surface area contributed by atoms with E-state index in [9.17, 15) is 18.3 Å². The number of pyridine rings is 1. The molecule has 1 aliphatic heterocycles. The molecule has 10 nitrogen and oxygen atoms in total. The van der Waals surface area contributed by atoms with Gasteiger partial charge in [-0.05, 0) is 30.7 Å². The molecule has 2 heterocycles. The van der Waals surface area contributed by atoms with E-state index in [4.69, 9.17) is 18.9 Å². The van der Waals surface area contributed by atoms with Crippen LogP contribution >= 0.6 is 0 Å². The molecule has 0 aliphatic carbocycles. The zero-order chi connectivity index (χ0) is 24.3. The third kappa shape index (κ3) is 4.67. The van der Waals surface area contributed by atoms with Gasteiger partial charge in [0, 0.05) is 42.8 Å². The third-order valence-electron chi connectivity index (χ3n) is 5.49. The highest BCUT2D eigenvalue weighted by Crippen LogP contribution is 2.34. The van der Waals surface area contributed by atoms with Gasteiger partial charge in [0.1, 0.15) is 13.2 Å². The van der Waals surface area contributed by atoms with E-state index < -0.39 is 15.6 Å². The minimum Gasteiger partial charge on any atom is -0.493 e. The molecule has 34 heavy (non-hydrogen) atoms. The largest absolute Gasteiger partial charge is 0.493 e. The van der Waals surface area contributed by atoms with Crippen molar-refractivity contribution in [1.82, 2.24) is 9.29 Å². The fourth-order valence-corrected chi connectivity index (χ4v) is 5.22. The van der Waals surface area contributed by atoms with Gasteiger partial charge in [0.2, 0.25) is 10.0 Å². The Morgan fingerprint density at radius 2 is 1.74 bits per heavy atom. The van der Waals surface area contributed by atoms with Crippen LogP contribution in [0.5, 0.6) is 23.0 Å². The van der Waals surface area contributed by atoms with E-state index in [0.29, 0.717) is 47.1 Å². The lowest BCUT2D eigenvalue weighted by atomic mass is 10.1. The second kappa shape index (κ2) is 9.92. The Morgan fingerprint density at radius 1 is 1.03 bits per heavy atom. The average Bonchev–Trinajstić information content (AvgIpc) is 2.85. The zero-order valence-corrected chi connectivity index (χ0v) is 19.7. The molecule has 0 atom stereocenters. The maximum atomic E-state index is 13.5. The molecule has 0 radical (unpaired) electrons. The number of ether oxygens (including phenoxy) is 4. The summed E-state index contributed by atoms with van der Waals surface area (Å²) < 4.78 is 49.8. The standard InChI is InChI=1S/C23H26N2O8S/c1-30-20-11-15-10-16(23(27)24-18(15)13-21(20)31-2)14-25(6-3-7-26)34(28,29)17-4-5-19-22(12-17)33-9-8-32-19/h4-5,10-13,26H,3,6-9,14H2,1-2H3,(H,24,27). The number of aromatic amines is 1. The van der Waals surface area contributed by atoms with Crippen molar-refractivity contribution in [2.75, 3.05) is 40.6 Å². The van der Waals surface area contributed by atoms with Crippen molar-refractivity contribution < 1.29 is 32.5 Å². The first-order valence-electron chi connectivity index (χ1n) is 10.7. The fraction of sp³-hybridized carbons (Fsp3) is 0.348. The van der Waals surface area contributed by atoms with Crippen LogP contribution in [0, 0.1) is 0 Å². The van der Waals surface area contributed by atoms with E-state index in [1.54, 1.807) is 24.3 Å². The fourth-order valence-electron chi connectivity index (χ4n) is 3.75. The Morgan fingerprint density at radius 3 is 2.44 bits per heavy atom. The molecule has 1 aliphatic rings. The monoisotopic (exact) mass is 490 g/mol. The first kappa shape index (κ1) is 23.9. The number of benzene rings is 2. The molecule has 0 saturated heterocycles. The molecular weight excluding hydrogens is 464 g/mol. The third-order valence-corrected chi connectivity index (χ3v) is 7.33. The molecule has 0 fully saturated rings. The summed E-state index contributed by atoms with van der Waals surface area (Å²) >= 11 is 0. The molecule has 182 valence electrons. The average molecular weight is 491 g/mol. The van der Waals surface area contributed by atoms with Crippen molar-refractivity contribution in [2.24, 2.45) is 0 Å². The smallest absolute Gasteiger partial charge is 0.252 e. The van der Waals surface area contributed by atoms with Crippen LogP contribution in [-0.4, -0.2) is 63.4 Å². The van der Waals surface area contributed by atoms with Gasteiger partial charge in [0.15, 0.2) is 23.0 Å². The van der Waals surface area contributed by atoms with Gasteiger partial charge in [-0.2, -0.15) is 4.31 Å². The molecule has 0 bridgehead atoms. The van der Waals surface area contributed by atoms with Gasteiger partial charge in [0.25, 0.3) is 5.56 Å². The van der Waals surface area contributed by atoms with Gasteiger partial charge in [-0.3, -0.25) is 4.79 Å². The van der Waals surface area contributed by atoms with Gasteiger partial charge in [-0.1, -0.05) is 0 Å². The van der Waals surface area contributed by atoms with Gasteiger partial charge >= 0.3 is 0 Å². The zero-order valence-electron chi connectivity index (χ0n) is 18.9. The number of hydrogen-bond acceptors (Lipinski definition) is 8. The van der Waals surface area contributed by atoms with Crippen LogP contribution in [0.3, 0.4) is 0 Å². The molecule has 3 aromatic rings. The molecule has 4 rings (SSSR count). The van der Waals surface area contributed by atoms with Crippen molar-refractivity contribution in [2.45, 2.75) is 17.9 Å². The first-order chi connectivity index (χ1) is 16.4. The first-order valence-corrected chi connectivity index (χ1v) is 12.1. The number of methoxy groups -OCH3 is 2. The summed E-state index contributed by atoms with van der Waals surface area (Å²) in [6, 6.07) is 9.39. The number of hydrogen-bond donors (Lipinski definition) is 2. The lowest BCUT2D eigenvalue weighted by molar-refractivity contribution is 0.171. The number of aromatic nitrogens is 1. The summed E-state index contributed by atoms with van der Waals surface area (Å²) in [7, 11) is -1.00. The Balaban J connectivity index is 1.72. The molecule has 0 spiro atoms. The Hall–Kier alpha value is -3.28. The lowest BCUT2D eigenvalue weighted by Gasteiger charge is -2.24. The molecule has 2 aromatic carbocycles. The van der Waals surface area contributed by atoms with E-state index in [-0.39, 0.29) is 36.6 Å². The van der Waals surface area contributed by atoms with Crippen LogP contribution in [0.25, 0.3) is 10.9 Å². The maximum absolute atomic E-state index is 13.5. The van der Waals surface area contributed by atoms with Crippen LogP contribution in [0.2, 0.25) is 0 Å². The highest BCUT2D eigenvalue weighted by atomic mass is 32.2.